The van der Waals surface area contributed by atoms with Crippen molar-refractivity contribution >= 4 is 35.0 Å². The van der Waals surface area contributed by atoms with Crippen molar-refractivity contribution in [3.63, 3.8) is 0 Å². The van der Waals surface area contributed by atoms with Crippen LogP contribution in [-0.2, 0) is 9.59 Å². The van der Waals surface area contributed by atoms with E-state index in [4.69, 9.17) is 0 Å². The maximum atomic E-state index is 13.3. The second kappa shape index (κ2) is 9.48. The molecule has 0 bridgehead atoms. The summed E-state index contributed by atoms with van der Waals surface area (Å²) in [5, 5.41) is 0. The van der Waals surface area contributed by atoms with Gasteiger partial charge in [0.05, 0.1) is 11.1 Å². The molecule has 0 N–H and O–H groups in total. The molecule has 3 aromatic rings. The predicted octanol–water partition coefficient (Wildman–Crippen LogP) is 3.37. The van der Waals surface area contributed by atoms with Crippen molar-refractivity contribution in [1.82, 2.24) is 4.90 Å². The van der Waals surface area contributed by atoms with Crippen LogP contribution in [0.3, 0.4) is 0 Å². The number of fused-ring (bicyclic) bond motifs is 1. The fourth-order valence-electron chi connectivity index (χ4n) is 3.87. The molecular weight excluding hydrogens is 418 g/mol. The number of imide groups is 1. The second-order valence-electron chi connectivity index (χ2n) is 7.53. The van der Waals surface area contributed by atoms with Crippen LogP contribution in [0.5, 0.6) is 0 Å². The lowest BCUT2D eigenvalue weighted by Crippen LogP contribution is -2.47. The monoisotopic (exact) mass is 441 g/mol. The normalized spacial score (nSPS) is 12.5. The smallest absolute Gasteiger partial charge is 0.262 e. The second-order valence-corrected chi connectivity index (χ2v) is 7.53. The number of rotatable bonds is 7. The third-order valence-electron chi connectivity index (χ3n) is 5.52. The van der Waals surface area contributed by atoms with Crippen LogP contribution < -0.4 is 9.80 Å². The van der Waals surface area contributed by atoms with Gasteiger partial charge in [-0.15, -0.1) is 0 Å². The van der Waals surface area contributed by atoms with E-state index in [1.54, 1.807) is 59.5 Å². The van der Waals surface area contributed by atoms with Crippen LogP contribution in [0.25, 0.3) is 0 Å². The van der Waals surface area contributed by atoms with E-state index in [9.17, 15) is 19.2 Å². The maximum Gasteiger partial charge on any atom is 0.262 e. The molecule has 4 amide bonds. The van der Waals surface area contributed by atoms with Crippen LogP contribution >= 0.6 is 0 Å². The number of nitrogens with zero attached hydrogens (tertiary/aromatic N) is 3. The number of likely N-dealkylation sites (N-methyl/N-ethyl adjacent to an activating group) is 1. The summed E-state index contributed by atoms with van der Waals surface area (Å²) in [5.74, 6) is -1.82. The minimum atomic E-state index is -0.520. The van der Waals surface area contributed by atoms with Gasteiger partial charge in [-0.3, -0.25) is 24.1 Å². The molecule has 166 valence electrons. The molecule has 1 aliphatic rings. The first-order chi connectivity index (χ1) is 16.0. The van der Waals surface area contributed by atoms with Crippen molar-refractivity contribution in [2.24, 2.45) is 0 Å². The molecule has 0 spiro atoms. The molecule has 0 radical (unpaired) electrons. The third-order valence-corrected chi connectivity index (χ3v) is 5.52. The van der Waals surface area contributed by atoms with Crippen molar-refractivity contribution in [3.05, 3.63) is 96.1 Å². The highest BCUT2D eigenvalue weighted by Crippen LogP contribution is 2.23. The molecule has 0 unspecified atom stereocenters. The van der Waals surface area contributed by atoms with Crippen LogP contribution in [-0.4, -0.2) is 48.2 Å². The van der Waals surface area contributed by atoms with Gasteiger partial charge in [0.25, 0.3) is 11.8 Å². The van der Waals surface area contributed by atoms with Gasteiger partial charge in [0.2, 0.25) is 11.8 Å². The van der Waals surface area contributed by atoms with Crippen LogP contribution in [0.1, 0.15) is 27.6 Å². The zero-order chi connectivity index (χ0) is 23.4. The first-order valence-corrected chi connectivity index (χ1v) is 10.7. The topological polar surface area (TPSA) is 78.0 Å². The van der Waals surface area contributed by atoms with Gasteiger partial charge in [0, 0.05) is 17.9 Å². The summed E-state index contributed by atoms with van der Waals surface area (Å²) in [6.45, 7) is 1.61. The summed E-state index contributed by atoms with van der Waals surface area (Å²) in [6, 6.07) is 24.4. The number of benzene rings is 3. The van der Waals surface area contributed by atoms with E-state index in [-0.39, 0.29) is 23.6 Å². The molecule has 0 fully saturated rings. The summed E-state index contributed by atoms with van der Waals surface area (Å²) in [6.07, 6.45) is 0. The van der Waals surface area contributed by atoms with Crippen LogP contribution in [0.15, 0.2) is 84.9 Å². The summed E-state index contributed by atoms with van der Waals surface area (Å²) in [4.78, 5) is 55.8. The molecule has 0 aromatic heterocycles. The summed E-state index contributed by atoms with van der Waals surface area (Å²) in [7, 11) is 0. The molecule has 0 saturated heterocycles. The number of carbonyl (C=O) groups is 4. The number of hydrogen-bond acceptors (Lipinski definition) is 4. The Morgan fingerprint density at radius 1 is 0.667 bits per heavy atom. The Morgan fingerprint density at radius 3 is 1.61 bits per heavy atom. The number of hydrogen-bond donors (Lipinski definition) is 0. The van der Waals surface area contributed by atoms with E-state index in [0.717, 1.165) is 10.6 Å². The lowest BCUT2D eigenvalue weighted by Gasteiger charge is -2.28. The van der Waals surface area contributed by atoms with E-state index in [1.165, 1.54) is 4.90 Å². The van der Waals surface area contributed by atoms with Crippen molar-refractivity contribution in [2.45, 2.75) is 6.92 Å². The van der Waals surface area contributed by atoms with E-state index in [2.05, 4.69) is 0 Å². The minimum absolute atomic E-state index is 0.227. The highest BCUT2D eigenvalue weighted by Gasteiger charge is 2.37. The Morgan fingerprint density at radius 2 is 1.12 bits per heavy atom. The number of para-hydroxylation sites is 2. The first-order valence-electron chi connectivity index (χ1n) is 10.7. The van der Waals surface area contributed by atoms with E-state index in [0.29, 0.717) is 12.2 Å². The van der Waals surface area contributed by atoms with Gasteiger partial charge in [0.15, 0.2) is 0 Å². The van der Waals surface area contributed by atoms with Crippen molar-refractivity contribution in [2.75, 3.05) is 29.4 Å². The molecule has 0 saturated carbocycles. The third kappa shape index (κ3) is 4.39. The highest BCUT2D eigenvalue weighted by molar-refractivity contribution is 6.23. The molecule has 7 nitrogen and oxygen atoms in total. The molecule has 0 aliphatic carbocycles. The molecule has 0 atom stereocenters. The molecule has 33 heavy (non-hydrogen) atoms. The van der Waals surface area contributed by atoms with Gasteiger partial charge in [0.1, 0.15) is 13.1 Å². The van der Waals surface area contributed by atoms with E-state index >= 15 is 0 Å². The molecule has 1 heterocycles. The standard InChI is InChI=1S/C26H23N3O4/c1-2-27(19-11-5-3-6-12-19)23(30)17-28(20-13-7-4-8-14-20)24(31)18-29-25(32)21-15-9-10-16-22(21)26(29)33/h3-16H,2,17-18H2,1H3. The van der Waals surface area contributed by atoms with E-state index in [1.807, 2.05) is 37.3 Å². The average Bonchev–Trinajstić information content (AvgIpc) is 3.09. The Hall–Kier alpha value is -4.26. The number of anilines is 2. The Balaban J connectivity index is 1.58. The Labute approximate surface area is 191 Å². The van der Waals surface area contributed by atoms with Crippen molar-refractivity contribution < 1.29 is 19.2 Å². The lowest BCUT2D eigenvalue weighted by molar-refractivity contribution is -0.122. The van der Waals surface area contributed by atoms with Crippen molar-refractivity contribution in [1.29, 1.82) is 0 Å². The van der Waals surface area contributed by atoms with Gasteiger partial charge in [-0.2, -0.15) is 0 Å². The molecule has 7 heteroatoms. The fraction of sp³-hybridized carbons (Fsp3) is 0.154. The van der Waals surface area contributed by atoms with Gasteiger partial charge in [-0.1, -0.05) is 48.5 Å². The Kier molecular flexibility index (Phi) is 6.31. The van der Waals surface area contributed by atoms with Crippen LogP contribution in [0.2, 0.25) is 0 Å². The zero-order valence-corrected chi connectivity index (χ0v) is 18.2. The molecule has 4 rings (SSSR count). The van der Waals surface area contributed by atoms with Crippen LogP contribution in [0, 0.1) is 0 Å². The minimum Gasteiger partial charge on any atom is -0.311 e. The van der Waals surface area contributed by atoms with Gasteiger partial charge < -0.3 is 9.80 Å². The molecule has 3 aromatic carbocycles. The highest BCUT2D eigenvalue weighted by atomic mass is 16.2. The summed E-state index contributed by atoms with van der Waals surface area (Å²) < 4.78 is 0. The largest absolute Gasteiger partial charge is 0.311 e. The number of carbonyl (C=O) groups excluding carboxylic acids is 4. The lowest BCUT2D eigenvalue weighted by atomic mass is 10.1. The zero-order valence-electron chi connectivity index (χ0n) is 18.2. The Bertz CT molecular complexity index is 1160. The van der Waals surface area contributed by atoms with Gasteiger partial charge in [-0.05, 0) is 43.3 Å². The van der Waals surface area contributed by atoms with Crippen molar-refractivity contribution in [3.8, 4) is 0 Å². The fourth-order valence-corrected chi connectivity index (χ4v) is 3.87. The predicted molar refractivity (Wildman–Crippen MR) is 125 cm³/mol. The van der Waals surface area contributed by atoms with Gasteiger partial charge in [-0.25, -0.2) is 0 Å². The first kappa shape index (κ1) is 22.0. The quantitative estimate of drug-likeness (QED) is 0.527. The summed E-state index contributed by atoms with van der Waals surface area (Å²) in [5.41, 5.74) is 1.79. The number of amides is 4. The van der Waals surface area contributed by atoms with E-state index < -0.39 is 24.3 Å². The maximum absolute atomic E-state index is 13.3. The van der Waals surface area contributed by atoms with Gasteiger partial charge >= 0.3 is 0 Å². The average molecular weight is 441 g/mol. The molecule has 1 aliphatic heterocycles. The SMILES string of the molecule is CCN(C(=O)CN(C(=O)CN1C(=O)c2ccccc2C1=O)c1ccccc1)c1ccccc1. The van der Waals surface area contributed by atoms with Crippen LogP contribution in [0.4, 0.5) is 11.4 Å². The molecular formula is C26H23N3O4. The summed E-state index contributed by atoms with van der Waals surface area (Å²) >= 11 is 0.